The summed E-state index contributed by atoms with van der Waals surface area (Å²) in [6.45, 7) is 6.11. The fourth-order valence-corrected chi connectivity index (χ4v) is 5.22. The molecule has 6 nitrogen and oxygen atoms in total. The van der Waals surface area contributed by atoms with Gasteiger partial charge in [-0.15, -0.1) is 0 Å². The predicted octanol–water partition coefficient (Wildman–Crippen LogP) is 5.72. The second-order valence-electron chi connectivity index (χ2n) is 7.85. The molecule has 0 saturated carbocycles. The van der Waals surface area contributed by atoms with Crippen LogP contribution < -0.4 is 0 Å². The van der Waals surface area contributed by atoms with Crippen molar-refractivity contribution >= 4 is 51.4 Å². The third kappa shape index (κ3) is 3.63. The molecule has 2 aromatic carbocycles. The molecule has 1 aromatic heterocycles. The van der Waals surface area contributed by atoms with Crippen molar-refractivity contribution in [2.24, 2.45) is 10.1 Å². The number of hydrogen-bond donors (Lipinski definition) is 1. The average Bonchev–Trinajstić information content (AvgIpc) is 3.32. The molecule has 2 aliphatic rings. The number of aromatic nitrogens is 1. The van der Waals surface area contributed by atoms with Gasteiger partial charge in [0.05, 0.1) is 10.6 Å². The quantitative estimate of drug-likeness (QED) is 0.494. The number of aliphatic imine (C=N–C) groups is 1. The number of amidine groups is 2. The van der Waals surface area contributed by atoms with E-state index in [1.807, 2.05) is 50.2 Å². The molecule has 1 N–H and O–H groups in total. The van der Waals surface area contributed by atoms with Crippen LogP contribution in [0.5, 0.6) is 0 Å². The molecule has 0 fully saturated rings. The van der Waals surface area contributed by atoms with Crippen molar-refractivity contribution in [3.8, 4) is 5.69 Å². The summed E-state index contributed by atoms with van der Waals surface area (Å²) in [6.07, 6.45) is 1.73. The van der Waals surface area contributed by atoms with E-state index in [1.165, 1.54) is 16.8 Å². The Morgan fingerprint density at radius 1 is 1.06 bits per heavy atom. The lowest BCUT2D eigenvalue weighted by Gasteiger charge is -2.20. The normalized spacial score (nSPS) is 16.8. The summed E-state index contributed by atoms with van der Waals surface area (Å²) in [5.74, 6) is -0.449. The standard InChI is InChI=1S/C25H20ClN5OS/c1-14-8-4-7-11-21(14)30-15(2)12-17(16(30)3)13-19-22(27)31-25(28-23(19)32)33-24(29-31)18-9-5-6-10-20(18)26/h4-13,27H,1-3H3/b19-13-,27-22?. The van der Waals surface area contributed by atoms with Gasteiger partial charge >= 0.3 is 0 Å². The zero-order valence-electron chi connectivity index (χ0n) is 18.3. The second-order valence-corrected chi connectivity index (χ2v) is 9.22. The molecule has 3 aromatic rings. The number of aryl methyl sites for hydroxylation is 2. The maximum absolute atomic E-state index is 12.9. The number of benzene rings is 2. The summed E-state index contributed by atoms with van der Waals surface area (Å²) in [6, 6.07) is 17.5. The largest absolute Gasteiger partial charge is 0.318 e. The molecule has 0 unspecified atom stereocenters. The van der Waals surface area contributed by atoms with E-state index in [0.717, 1.165) is 33.8 Å². The molecular formula is C25H20ClN5OS. The number of rotatable bonds is 3. The molecule has 0 spiro atoms. The van der Waals surface area contributed by atoms with Gasteiger partial charge in [-0.25, -0.2) is 0 Å². The lowest BCUT2D eigenvalue weighted by Crippen LogP contribution is -2.35. The maximum atomic E-state index is 12.9. The van der Waals surface area contributed by atoms with Crippen molar-refractivity contribution in [3.05, 3.63) is 93.3 Å². The van der Waals surface area contributed by atoms with Crippen molar-refractivity contribution in [2.45, 2.75) is 20.8 Å². The van der Waals surface area contributed by atoms with Crippen LogP contribution in [0.3, 0.4) is 0 Å². The van der Waals surface area contributed by atoms with E-state index >= 15 is 0 Å². The van der Waals surface area contributed by atoms with Crippen LogP contribution in [-0.4, -0.2) is 31.5 Å². The molecule has 3 heterocycles. The molecule has 164 valence electrons. The summed E-state index contributed by atoms with van der Waals surface area (Å²) in [5, 5.41) is 16.1. The smallest absolute Gasteiger partial charge is 0.283 e. The number of carbonyl (C=O) groups excluding carboxylic acids is 1. The van der Waals surface area contributed by atoms with Crippen molar-refractivity contribution in [1.29, 1.82) is 5.41 Å². The zero-order valence-corrected chi connectivity index (χ0v) is 19.8. The van der Waals surface area contributed by atoms with Gasteiger partial charge in [0.25, 0.3) is 5.91 Å². The molecule has 8 heteroatoms. The summed E-state index contributed by atoms with van der Waals surface area (Å²) < 4.78 is 2.16. The average molecular weight is 474 g/mol. The Labute approximate surface area is 200 Å². The number of fused-ring (bicyclic) bond motifs is 1. The number of carbonyl (C=O) groups is 1. The van der Waals surface area contributed by atoms with Gasteiger partial charge in [0.2, 0.25) is 5.17 Å². The van der Waals surface area contributed by atoms with Crippen LogP contribution in [-0.2, 0) is 4.79 Å². The molecule has 5 rings (SSSR count). The van der Waals surface area contributed by atoms with E-state index in [9.17, 15) is 4.79 Å². The summed E-state index contributed by atoms with van der Waals surface area (Å²) >= 11 is 7.55. The van der Waals surface area contributed by atoms with Crippen LogP contribution in [0, 0.1) is 26.2 Å². The zero-order chi connectivity index (χ0) is 23.3. The first-order valence-electron chi connectivity index (χ1n) is 10.3. The Kier molecular flexibility index (Phi) is 5.31. The van der Waals surface area contributed by atoms with Gasteiger partial charge in [0, 0.05) is 22.6 Å². The SMILES string of the molecule is Cc1ccccc1-n1c(C)cc(/C=C2/C(=N)N3N=C(c4ccccc4Cl)SC3=NC2=O)c1C. The van der Waals surface area contributed by atoms with Gasteiger partial charge < -0.3 is 4.57 Å². The van der Waals surface area contributed by atoms with Crippen molar-refractivity contribution in [2.75, 3.05) is 0 Å². The highest BCUT2D eigenvalue weighted by Gasteiger charge is 2.36. The third-order valence-corrected chi connectivity index (χ3v) is 6.96. The number of amides is 1. The summed E-state index contributed by atoms with van der Waals surface area (Å²) in [4.78, 5) is 17.1. The highest BCUT2D eigenvalue weighted by Crippen LogP contribution is 2.33. The van der Waals surface area contributed by atoms with Gasteiger partial charge in [0.15, 0.2) is 5.84 Å². The van der Waals surface area contributed by atoms with E-state index in [2.05, 4.69) is 33.7 Å². The maximum Gasteiger partial charge on any atom is 0.283 e. The van der Waals surface area contributed by atoms with Crippen LogP contribution in [0.1, 0.15) is 28.1 Å². The molecule has 2 aliphatic heterocycles. The Morgan fingerprint density at radius 3 is 2.55 bits per heavy atom. The molecule has 0 atom stereocenters. The molecule has 0 saturated heterocycles. The van der Waals surface area contributed by atoms with E-state index in [-0.39, 0.29) is 11.4 Å². The molecule has 0 aliphatic carbocycles. The van der Waals surface area contributed by atoms with E-state index in [0.29, 0.717) is 15.2 Å². The van der Waals surface area contributed by atoms with E-state index in [1.54, 1.807) is 12.1 Å². The van der Waals surface area contributed by atoms with Gasteiger partial charge in [-0.3, -0.25) is 10.2 Å². The number of nitrogens with zero attached hydrogens (tertiary/aromatic N) is 4. The number of thioether (sulfide) groups is 1. The molecule has 0 radical (unpaired) electrons. The topological polar surface area (TPSA) is 73.8 Å². The fraction of sp³-hybridized carbons (Fsp3) is 0.120. The lowest BCUT2D eigenvalue weighted by atomic mass is 10.1. The first-order chi connectivity index (χ1) is 15.8. The molecule has 1 amide bonds. The lowest BCUT2D eigenvalue weighted by molar-refractivity contribution is -0.114. The molecule has 0 bridgehead atoms. The minimum atomic E-state index is -0.449. The fourth-order valence-electron chi connectivity index (χ4n) is 4.01. The van der Waals surface area contributed by atoms with Gasteiger partial charge in [-0.1, -0.05) is 48.0 Å². The van der Waals surface area contributed by atoms with Crippen molar-refractivity contribution < 1.29 is 4.79 Å². The Bertz CT molecular complexity index is 1430. The second kappa shape index (κ2) is 8.17. The predicted molar refractivity (Wildman–Crippen MR) is 136 cm³/mol. The van der Waals surface area contributed by atoms with Crippen LogP contribution in [0.25, 0.3) is 11.8 Å². The number of nitrogens with one attached hydrogen (secondary N) is 1. The molecular weight excluding hydrogens is 454 g/mol. The summed E-state index contributed by atoms with van der Waals surface area (Å²) in [7, 11) is 0. The Hall–Kier alpha value is -3.42. The van der Waals surface area contributed by atoms with E-state index in [4.69, 9.17) is 17.0 Å². The highest BCUT2D eigenvalue weighted by atomic mass is 35.5. The van der Waals surface area contributed by atoms with Crippen molar-refractivity contribution in [3.63, 3.8) is 0 Å². The van der Waals surface area contributed by atoms with Gasteiger partial charge in [0.1, 0.15) is 5.04 Å². The number of para-hydroxylation sites is 1. The highest BCUT2D eigenvalue weighted by molar-refractivity contribution is 8.27. The first kappa shape index (κ1) is 21.4. The van der Waals surface area contributed by atoms with Crippen LogP contribution in [0.15, 0.2) is 70.3 Å². The third-order valence-electron chi connectivity index (χ3n) is 5.69. The monoisotopic (exact) mass is 473 g/mol. The van der Waals surface area contributed by atoms with Gasteiger partial charge in [-0.2, -0.15) is 15.1 Å². The minimum Gasteiger partial charge on any atom is -0.318 e. The van der Waals surface area contributed by atoms with Crippen LogP contribution >= 0.6 is 23.4 Å². The van der Waals surface area contributed by atoms with Gasteiger partial charge in [-0.05, 0) is 67.9 Å². The Morgan fingerprint density at radius 2 is 1.79 bits per heavy atom. The Balaban J connectivity index is 1.53. The number of halogens is 1. The molecule has 33 heavy (non-hydrogen) atoms. The van der Waals surface area contributed by atoms with Crippen molar-refractivity contribution in [1.82, 2.24) is 9.58 Å². The van der Waals surface area contributed by atoms with E-state index < -0.39 is 5.91 Å². The first-order valence-corrected chi connectivity index (χ1v) is 11.5. The minimum absolute atomic E-state index is 0.000230. The number of hydrogen-bond acceptors (Lipinski definition) is 4. The van der Waals surface area contributed by atoms with Crippen LogP contribution in [0.4, 0.5) is 0 Å². The van der Waals surface area contributed by atoms with Crippen LogP contribution in [0.2, 0.25) is 5.02 Å². The summed E-state index contributed by atoms with van der Waals surface area (Å²) in [5.41, 5.74) is 6.09. The number of hydrazone groups is 1.